The summed E-state index contributed by atoms with van der Waals surface area (Å²) in [5.74, 6) is 0.289. The molecule has 134 valence electrons. The van der Waals surface area contributed by atoms with Crippen LogP contribution in [0.3, 0.4) is 0 Å². The molecule has 0 radical (unpaired) electrons. The molecule has 1 aromatic rings. The maximum absolute atomic E-state index is 12.6. The Bertz CT molecular complexity index is 635. The van der Waals surface area contributed by atoms with Crippen molar-refractivity contribution in [2.24, 2.45) is 0 Å². The number of benzene rings is 1. The number of carbonyl (C=O) groups excluding carboxylic acids is 3. The van der Waals surface area contributed by atoms with Gasteiger partial charge in [0.2, 0.25) is 5.41 Å². The van der Waals surface area contributed by atoms with Crippen LogP contribution in [0.2, 0.25) is 0 Å². The molecule has 0 unspecified atom stereocenters. The van der Waals surface area contributed by atoms with Crippen molar-refractivity contribution in [3.05, 3.63) is 35.4 Å². The molecule has 0 aliphatic carbocycles. The molecule has 0 fully saturated rings. The number of esters is 3. The van der Waals surface area contributed by atoms with Gasteiger partial charge in [-0.1, -0.05) is 12.1 Å². The van der Waals surface area contributed by atoms with Gasteiger partial charge in [-0.3, -0.25) is 9.59 Å². The van der Waals surface area contributed by atoms with Gasteiger partial charge in [-0.15, -0.1) is 12.3 Å². The van der Waals surface area contributed by atoms with E-state index >= 15 is 0 Å². The van der Waals surface area contributed by atoms with Crippen LogP contribution < -0.4 is 0 Å². The summed E-state index contributed by atoms with van der Waals surface area (Å²) in [6.45, 7) is 5.39. The number of rotatable bonds is 8. The first-order valence-corrected chi connectivity index (χ1v) is 8.03. The van der Waals surface area contributed by atoms with Crippen molar-refractivity contribution in [2.45, 2.75) is 32.6 Å². The van der Waals surface area contributed by atoms with Gasteiger partial charge in [0.05, 0.1) is 25.4 Å². The predicted molar refractivity (Wildman–Crippen MR) is 90.8 cm³/mol. The van der Waals surface area contributed by atoms with Crippen LogP contribution in [0.15, 0.2) is 24.3 Å². The summed E-state index contributed by atoms with van der Waals surface area (Å²) in [5, 5.41) is 0. The fourth-order valence-corrected chi connectivity index (χ4v) is 2.33. The third kappa shape index (κ3) is 4.38. The lowest BCUT2D eigenvalue weighted by Crippen LogP contribution is -2.46. The Kier molecular flexibility index (Phi) is 7.67. The first-order chi connectivity index (χ1) is 12.0. The third-order valence-electron chi connectivity index (χ3n) is 3.50. The second kappa shape index (κ2) is 9.48. The average Bonchev–Trinajstić information content (AvgIpc) is 2.60. The smallest absolute Gasteiger partial charge is 0.338 e. The first-order valence-electron chi connectivity index (χ1n) is 8.03. The fourth-order valence-electron chi connectivity index (χ4n) is 2.33. The highest BCUT2D eigenvalue weighted by atomic mass is 16.6. The Balaban J connectivity index is 3.39. The van der Waals surface area contributed by atoms with Crippen molar-refractivity contribution in [1.29, 1.82) is 0 Å². The van der Waals surface area contributed by atoms with Crippen LogP contribution in [0.1, 0.15) is 43.1 Å². The zero-order valence-corrected chi connectivity index (χ0v) is 14.7. The van der Waals surface area contributed by atoms with Crippen LogP contribution in [-0.2, 0) is 29.2 Å². The van der Waals surface area contributed by atoms with Crippen molar-refractivity contribution in [1.82, 2.24) is 0 Å². The molecule has 0 atom stereocenters. The highest BCUT2D eigenvalue weighted by Gasteiger charge is 2.50. The molecular weight excluding hydrogens is 324 g/mol. The van der Waals surface area contributed by atoms with Crippen LogP contribution in [-0.4, -0.2) is 37.7 Å². The SMILES string of the molecule is C#CCC(C(=O)OCC)(C(=O)OCC)c1ccc(C(=O)OCC)cc1. The van der Waals surface area contributed by atoms with Gasteiger partial charge in [-0.2, -0.15) is 0 Å². The molecule has 6 nitrogen and oxygen atoms in total. The molecule has 0 aliphatic rings. The Labute approximate surface area is 147 Å². The molecule has 6 heteroatoms. The molecule has 0 aromatic heterocycles. The van der Waals surface area contributed by atoms with Crippen molar-refractivity contribution in [3.63, 3.8) is 0 Å². The van der Waals surface area contributed by atoms with E-state index in [1.54, 1.807) is 20.8 Å². The zero-order chi connectivity index (χ0) is 18.9. The number of carbonyl (C=O) groups is 3. The highest BCUT2D eigenvalue weighted by Crippen LogP contribution is 2.32. The Hall–Kier alpha value is -2.81. The number of hydrogen-bond donors (Lipinski definition) is 0. The van der Waals surface area contributed by atoms with Gasteiger partial charge in [0.15, 0.2) is 0 Å². The van der Waals surface area contributed by atoms with Crippen LogP contribution in [0, 0.1) is 12.3 Å². The van der Waals surface area contributed by atoms with Gasteiger partial charge in [0, 0.05) is 6.42 Å². The van der Waals surface area contributed by atoms with Crippen molar-refractivity contribution < 1.29 is 28.6 Å². The normalized spacial score (nSPS) is 10.5. The van der Waals surface area contributed by atoms with Crippen molar-refractivity contribution in [2.75, 3.05) is 19.8 Å². The minimum Gasteiger partial charge on any atom is -0.465 e. The van der Waals surface area contributed by atoms with Crippen LogP contribution in [0.5, 0.6) is 0 Å². The Morgan fingerprint density at radius 3 is 1.80 bits per heavy atom. The molecule has 0 N–H and O–H groups in total. The van der Waals surface area contributed by atoms with Crippen molar-refractivity contribution in [3.8, 4) is 12.3 Å². The largest absolute Gasteiger partial charge is 0.465 e. The number of ether oxygens (including phenoxy) is 3. The summed E-state index contributed by atoms with van der Waals surface area (Å²) in [5.41, 5.74) is -1.17. The van der Waals surface area contributed by atoms with Crippen LogP contribution >= 0.6 is 0 Å². The fraction of sp³-hybridized carbons (Fsp3) is 0.421. The molecule has 0 aliphatic heterocycles. The van der Waals surface area contributed by atoms with Crippen molar-refractivity contribution >= 4 is 17.9 Å². The molecule has 0 bridgehead atoms. The molecule has 25 heavy (non-hydrogen) atoms. The van der Waals surface area contributed by atoms with Crippen LogP contribution in [0.25, 0.3) is 0 Å². The highest BCUT2D eigenvalue weighted by molar-refractivity contribution is 6.07. The molecule has 0 saturated carbocycles. The monoisotopic (exact) mass is 346 g/mol. The Morgan fingerprint density at radius 2 is 1.40 bits per heavy atom. The molecule has 0 spiro atoms. The van der Waals surface area contributed by atoms with E-state index in [1.165, 1.54) is 24.3 Å². The van der Waals surface area contributed by atoms with E-state index in [2.05, 4.69) is 5.92 Å². The second-order valence-corrected chi connectivity index (χ2v) is 5.02. The van der Waals surface area contributed by atoms with Gasteiger partial charge in [-0.25, -0.2) is 4.79 Å². The maximum atomic E-state index is 12.6. The van der Waals surface area contributed by atoms with E-state index in [4.69, 9.17) is 20.6 Å². The lowest BCUT2D eigenvalue weighted by atomic mass is 9.77. The van der Waals surface area contributed by atoms with E-state index in [0.717, 1.165) is 0 Å². The van der Waals surface area contributed by atoms with E-state index < -0.39 is 23.3 Å². The quantitative estimate of drug-likeness (QED) is 0.311. The summed E-state index contributed by atoms with van der Waals surface area (Å²) in [4.78, 5) is 36.9. The lowest BCUT2D eigenvalue weighted by molar-refractivity contribution is -0.164. The summed E-state index contributed by atoms with van der Waals surface area (Å²) in [6.07, 6.45) is 5.18. The molecule has 1 aromatic carbocycles. The molecule has 0 amide bonds. The molecule has 1 rings (SSSR count). The number of hydrogen-bond acceptors (Lipinski definition) is 6. The van der Waals surface area contributed by atoms with E-state index in [1.807, 2.05) is 0 Å². The van der Waals surface area contributed by atoms with Gasteiger partial charge in [-0.05, 0) is 38.5 Å². The lowest BCUT2D eigenvalue weighted by Gasteiger charge is -2.28. The van der Waals surface area contributed by atoms with Gasteiger partial charge < -0.3 is 14.2 Å². The second-order valence-electron chi connectivity index (χ2n) is 5.02. The summed E-state index contributed by atoms with van der Waals surface area (Å²) in [7, 11) is 0. The van der Waals surface area contributed by atoms with E-state index in [-0.39, 0.29) is 26.2 Å². The predicted octanol–water partition coefficient (Wildman–Crippen LogP) is 2.25. The Morgan fingerprint density at radius 1 is 0.920 bits per heavy atom. The van der Waals surface area contributed by atoms with E-state index in [9.17, 15) is 14.4 Å². The summed E-state index contributed by atoms with van der Waals surface area (Å²) >= 11 is 0. The standard InChI is InChI=1S/C19H22O6/c1-5-13-19(17(21)24-7-3,18(22)25-8-4)15-11-9-14(10-12-15)16(20)23-6-2/h1,9-12H,6-8,13H2,2-4H3. The zero-order valence-electron chi connectivity index (χ0n) is 14.7. The van der Waals surface area contributed by atoms with Gasteiger partial charge in [0.1, 0.15) is 0 Å². The molecular formula is C19H22O6. The molecule has 0 saturated heterocycles. The first kappa shape index (κ1) is 20.2. The van der Waals surface area contributed by atoms with E-state index in [0.29, 0.717) is 11.1 Å². The summed E-state index contributed by atoms with van der Waals surface area (Å²) < 4.78 is 15.1. The third-order valence-corrected chi connectivity index (χ3v) is 3.50. The van der Waals surface area contributed by atoms with Gasteiger partial charge >= 0.3 is 17.9 Å². The van der Waals surface area contributed by atoms with Gasteiger partial charge in [0.25, 0.3) is 0 Å². The number of terminal acetylenes is 1. The minimum atomic E-state index is -1.77. The molecule has 0 heterocycles. The topological polar surface area (TPSA) is 78.9 Å². The average molecular weight is 346 g/mol. The van der Waals surface area contributed by atoms with Crippen LogP contribution in [0.4, 0.5) is 0 Å². The minimum absolute atomic E-state index is 0.0888. The summed E-state index contributed by atoms with van der Waals surface area (Å²) in [6, 6.07) is 5.91. The maximum Gasteiger partial charge on any atom is 0.338 e.